The van der Waals surface area contributed by atoms with E-state index in [1.807, 2.05) is 0 Å². The van der Waals surface area contributed by atoms with E-state index in [9.17, 15) is 19.5 Å². The molecule has 0 saturated carbocycles. The Morgan fingerprint density at radius 3 is 2.54 bits per heavy atom. The van der Waals surface area contributed by atoms with Crippen molar-refractivity contribution in [3.05, 3.63) is 56.5 Å². The van der Waals surface area contributed by atoms with Gasteiger partial charge in [0.15, 0.2) is 0 Å². The summed E-state index contributed by atoms with van der Waals surface area (Å²) >= 11 is 0. The predicted molar refractivity (Wildman–Crippen MR) is 104 cm³/mol. The van der Waals surface area contributed by atoms with Gasteiger partial charge < -0.3 is 19.7 Å². The Hall–Kier alpha value is -2.94. The fraction of sp³-hybridized carbons (Fsp3) is 0.474. The Morgan fingerprint density at radius 1 is 1.32 bits per heavy atom. The molecular formula is C19H26N4O5. The van der Waals surface area contributed by atoms with Crippen molar-refractivity contribution in [1.29, 1.82) is 0 Å². The molecule has 2 heterocycles. The number of amides is 1. The van der Waals surface area contributed by atoms with E-state index in [0.717, 1.165) is 10.1 Å². The van der Waals surface area contributed by atoms with Crippen molar-refractivity contribution in [2.24, 2.45) is 7.05 Å². The first kappa shape index (κ1) is 21.4. The third kappa shape index (κ3) is 5.29. The molecule has 0 aromatic carbocycles. The highest BCUT2D eigenvalue weighted by molar-refractivity contribution is 5.68. The van der Waals surface area contributed by atoms with Gasteiger partial charge in [-0.3, -0.25) is 4.79 Å². The maximum Gasteiger partial charge on any atom is 0.407 e. The molecule has 28 heavy (non-hydrogen) atoms. The highest BCUT2D eigenvalue weighted by Gasteiger charge is 2.19. The Morgan fingerprint density at radius 2 is 2.00 bits per heavy atom. The van der Waals surface area contributed by atoms with Gasteiger partial charge in [-0.1, -0.05) is 6.07 Å². The molecule has 0 saturated heterocycles. The molecule has 2 N–H and O–H groups in total. The molecule has 1 amide bonds. The molecule has 0 radical (unpaired) electrons. The monoisotopic (exact) mass is 390 g/mol. The molecule has 1 atom stereocenters. The van der Waals surface area contributed by atoms with Crippen LogP contribution >= 0.6 is 0 Å². The van der Waals surface area contributed by atoms with E-state index in [1.54, 1.807) is 46.9 Å². The maximum absolute atomic E-state index is 12.3. The zero-order valence-electron chi connectivity index (χ0n) is 16.7. The van der Waals surface area contributed by atoms with Gasteiger partial charge in [-0.15, -0.1) is 0 Å². The number of rotatable bonds is 5. The van der Waals surface area contributed by atoms with Crippen molar-refractivity contribution in [2.45, 2.75) is 45.8 Å². The second kappa shape index (κ2) is 8.39. The minimum Gasteiger partial charge on any atom is -0.444 e. The van der Waals surface area contributed by atoms with E-state index in [-0.39, 0.29) is 12.4 Å². The van der Waals surface area contributed by atoms with Crippen LogP contribution in [-0.2, 0) is 18.2 Å². The van der Waals surface area contributed by atoms with Crippen LogP contribution < -0.4 is 16.6 Å². The van der Waals surface area contributed by atoms with Crippen molar-refractivity contribution in [3.63, 3.8) is 0 Å². The highest BCUT2D eigenvalue weighted by Crippen LogP contribution is 2.09. The van der Waals surface area contributed by atoms with Gasteiger partial charge in [0, 0.05) is 25.0 Å². The number of alkyl carbamates (subject to hydrolysis) is 1. The third-order valence-electron chi connectivity index (χ3n) is 3.88. The van der Waals surface area contributed by atoms with Gasteiger partial charge in [0.25, 0.3) is 5.56 Å². The largest absolute Gasteiger partial charge is 0.444 e. The fourth-order valence-corrected chi connectivity index (χ4v) is 2.61. The molecule has 152 valence electrons. The molecule has 1 unspecified atom stereocenters. The van der Waals surface area contributed by atoms with Crippen LogP contribution in [0.5, 0.6) is 0 Å². The lowest BCUT2D eigenvalue weighted by Gasteiger charge is -2.22. The molecule has 2 aromatic rings. The molecule has 0 aliphatic carbocycles. The molecule has 0 bridgehead atoms. The van der Waals surface area contributed by atoms with Crippen LogP contribution in [0, 0.1) is 6.92 Å². The normalized spacial score (nSPS) is 12.5. The van der Waals surface area contributed by atoms with Crippen molar-refractivity contribution in [2.75, 3.05) is 6.61 Å². The summed E-state index contributed by atoms with van der Waals surface area (Å²) < 4.78 is 7.50. The van der Waals surface area contributed by atoms with Crippen LogP contribution in [0.4, 0.5) is 4.79 Å². The molecule has 0 aliphatic heterocycles. The Labute approximate surface area is 162 Å². The summed E-state index contributed by atoms with van der Waals surface area (Å²) in [5, 5.41) is 12.1. The number of hydrogen-bond acceptors (Lipinski definition) is 6. The molecule has 0 spiro atoms. The number of aliphatic hydroxyl groups excluding tert-OH is 1. The van der Waals surface area contributed by atoms with Crippen LogP contribution in [0.25, 0.3) is 5.82 Å². The van der Waals surface area contributed by atoms with Crippen molar-refractivity contribution >= 4 is 6.09 Å². The minimum absolute atomic E-state index is 0.207. The van der Waals surface area contributed by atoms with Crippen molar-refractivity contribution in [1.82, 2.24) is 19.4 Å². The number of hydrogen-bond donors (Lipinski definition) is 2. The number of nitrogens with zero attached hydrogens (tertiary/aromatic N) is 3. The first-order valence-electron chi connectivity index (χ1n) is 8.87. The zero-order valence-corrected chi connectivity index (χ0v) is 16.7. The minimum atomic E-state index is -0.638. The molecule has 2 aromatic heterocycles. The summed E-state index contributed by atoms with van der Waals surface area (Å²) in [6, 6.07) is 2.69. The standard InChI is InChI=1S/C19H26N4O5/c1-12-10-22(5)18(27)23(16(12)25)15-7-6-13(9-20-15)8-14(11-24)21-17(26)28-19(2,3)4/h6-7,9-10,14,24H,8,11H2,1-5H3,(H,21,26). The number of ether oxygens (including phenoxy) is 1. The summed E-state index contributed by atoms with van der Waals surface area (Å²) in [4.78, 5) is 40.6. The molecule has 0 aliphatic rings. The van der Waals surface area contributed by atoms with E-state index in [4.69, 9.17) is 4.74 Å². The highest BCUT2D eigenvalue weighted by atomic mass is 16.6. The van der Waals surface area contributed by atoms with Gasteiger partial charge in [-0.05, 0) is 45.7 Å². The van der Waals surface area contributed by atoms with E-state index >= 15 is 0 Å². The first-order valence-corrected chi connectivity index (χ1v) is 8.87. The second-order valence-corrected chi connectivity index (χ2v) is 7.60. The molecule has 0 fully saturated rings. The second-order valence-electron chi connectivity index (χ2n) is 7.60. The van der Waals surface area contributed by atoms with Gasteiger partial charge in [0.1, 0.15) is 11.4 Å². The van der Waals surface area contributed by atoms with E-state index in [1.165, 1.54) is 17.0 Å². The number of aliphatic hydroxyl groups is 1. The Kier molecular flexibility index (Phi) is 6.40. The Balaban J connectivity index is 2.18. The maximum atomic E-state index is 12.3. The average molecular weight is 390 g/mol. The molecule has 9 nitrogen and oxygen atoms in total. The number of aryl methyl sites for hydroxylation is 2. The SMILES string of the molecule is Cc1cn(C)c(=O)n(-c2ccc(CC(CO)NC(=O)OC(C)(C)C)cn2)c1=O. The molecular weight excluding hydrogens is 364 g/mol. The number of carbonyl (C=O) groups is 1. The van der Waals surface area contributed by atoms with Crippen molar-refractivity contribution < 1.29 is 14.6 Å². The lowest BCUT2D eigenvalue weighted by molar-refractivity contribution is 0.0483. The van der Waals surface area contributed by atoms with Crippen LogP contribution in [0.15, 0.2) is 34.1 Å². The van der Waals surface area contributed by atoms with Crippen LogP contribution in [0.3, 0.4) is 0 Å². The third-order valence-corrected chi connectivity index (χ3v) is 3.88. The van der Waals surface area contributed by atoms with Gasteiger partial charge in [-0.25, -0.2) is 19.1 Å². The fourth-order valence-electron chi connectivity index (χ4n) is 2.61. The zero-order chi connectivity index (χ0) is 21.1. The van der Waals surface area contributed by atoms with E-state index in [2.05, 4.69) is 10.3 Å². The smallest absolute Gasteiger partial charge is 0.407 e. The van der Waals surface area contributed by atoms with Gasteiger partial charge in [0.2, 0.25) is 0 Å². The summed E-state index contributed by atoms with van der Waals surface area (Å²) in [7, 11) is 1.56. The first-order chi connectivity index (χ1) is 13.0. The van der Waals surface area contributed by atoms with Gasteiger partial charge in [0.05, 0.1) is 12.6 Å². The number of nitrogens with one attached hydrogen (secondary N) is 1. The van der Waals surface area contributed by atoms with Gasteiger partial charge in [-0.2, -0.15) is 0 Å². The predicted octanol–water partition coefficient (Wildman–Crippen LogP) is 0.668. The lowest BCUT2D eigenvalue weighted by Crippen LogP contribution is -2.42. The summed E-state index contributed by atoms with van der Waals surface area (Å²) in [6.07, 6.45) is 2.67. The summed E-state index contributed by atoms with van der Waals surface area (Å²) in [6.45, 7) is 6.60. The van der Waals surface area contributed by atoms with Gasteiger partial charge >= 0.3 is 11.8 Å². The average Bonchev–Trinajstić information content (AvgIpc) is 2.59. The number of carbonyl (C=O) groups excluding carboxylic acids is 1. The molecule has 9 heteroatoms. The quantitative estimate of drug-likeness (QED) is 0.775. The summed E-state index contributed by atoms with van der Waals surface area (Å²) in [5.74, 6) is 0.207. The molecule has 2 rings (SSSR count). The van der Waals surface area contributed by atoms with Crippen LogP contribution in [0.2, 0.25) is 0 Å². The number of aromatic nitrogens is 3. The summed E-state index contributed by atoms with van der Waals surface area (Å²) in [5.41, 5.74) is -0.411. The van der Waals surface area contributed by atoms with E-state index < -0.39 is 29.0 Å². The van der Waals surface area contributed by atoms with Crippen LogP contribution in [0.1, 0.15) is 31.9 Å². The topological polar surface area (TPSA) is 115 Å². The van der Waals surface area contributed by atoms with E-state index in [0.29, 0.717) is 12.0 Å². The van der Waals surface area contributed by atoms with Crippen molar-refractivity contribution in [3.8, 4) is 5.82 Å². The lowest BCUT2D eigenvalue weighted by atomic mass is 10.1. The van der Waals surface area contributed by atoms with Crippen LogP contribution in [-0.4, -0.2) is 43.6 Å². The number of pyridine rings is 1. The Bertz CT molecular complexity index is 920.